The lowest BCUT2D eigenvalue weighted by Gasteiger charge is -2.14. The summed E-state index contributed by atoms with van der Waals surface area (Å²) in [7, 11) is 0. The molecule has 3 aromatic rings. The van der Waals surface area contributed by atoms with E-state index in [4.69, 9.17) is 32.7 Å². The Morgan fingerprint density at radius 3 is 2.58 bits per heavy atom. The van der Waals surface area contributed by atoms with Crippen LogP contribution in [0, 0.1) is 6.92 Å². The van der Waals surface area contributed by atoms with Crippen LogP contribution in [0.5, 0.6) is 11.5 Å². The van der Waals surface area contributed by atoms with Gasteiger partial charge in [0, 0.05) is 21.3 Å². The van der Waals surface area contributed by atoms with Gasteiger partial charge in [0.15, 0.2) is 11.5 Å². The number of rotatable bonds is 9. The molecule has 0 saturated carbocycles. The summed E-state index contributed by atoms with van der Waals surface area (Å²) in [6.07, 6.45) is 1.59. The van der Waals surface area contributed by atoms with Crippen molar-refractivity contribution in [2.45, 2.75) is 20.5 Å². The van der Waals surface area contributed by atoms with Crippen molar-refractivity contribution in [2.24, 2.45) is 0 Å². The van der Waals surface area contributed by atoms with Crippen LogP contribution >= 0.6 is 35.0 Å². The number of ether oxygens (including phenoxy) is 2. The number of hydrogen-bond donors (Lipinski definition) is 1. The highest BCUT2D eigenvalue weighted by Crippen LogP contribution is 2.35. The maximum absolute atomic E-state index is 12.9. The van der Waals surface area contributed by atoms with Crippen LogP contribution in [0.25, 0.3) is 6.08 Å². The van der Waals surface area contributed by atoms with Gasteiger partial charge in [-0.05, 0) is 79.2 Å². The Balaban J connectivity index is 1.45. The van der Waals surface area contributed by atoms with Crippen molar-refractivity contribution in [1.82, 2.24) is 4.90 Å². The molecule has 3 amide bonds. The first-order chi connectivity index (χ1) is 18.2. The molecule has 4 rings (SSSR count). The van der Waals surface area contributed by atoms with E-state index in [2.05, 4.69) is 5.32 Å². The van der Waals surface area contributed by atoms with Gasteiger partial charge < -0.3 is 14.8 Å². The predicted molar refractivity (Wildman–Crippen MR) is 151 cm³/mol. The number of nitrogens with zero attached hydrogens (tertiary/aromatic N) is 1. The Labute approximate surface area is 234 Å². The molecular formula is C28H24Cl2N2O5S. The Hall–Kier alpha value is -3.46. The standard InChI is InChI=1S/C28H24Cl2N2O5S/c1-3-36-24-12-18(7-10-23(24)37-16-19-8-9-20(29)14-22(19)30)13-25-27(34)32(28(35)38-25)15-26(33)31-21-6-4-5-17(2)11-21/h4-14H,3,15-16H2,1-2H3,(H,31,33)/b25-13+. The maximum atomic E-state index is 12.9. The normalized spacial score (nSPS) is 14.2. The average molecular weight is 571 g/mol. The van der Waals surface area contributed by atoms with Gasteiger partial charge in [0.25, 0.3) is 11.1 Å². The fourth-order valence-corrected chi connectivity index (χ4v) is 4.95. The average Bonchev–Trinajstić information content (AvgIpc) is 3.12. The highest BCUT2D eigenvalue weighted by molar-refractivity contribution is 8.18. The first kappa shape index (κ1) is 27.6. The van der Waals surface area contributed by atoms with Crippen LogP contribution < -0.4 is 14.8 Å². The Morgan fingerprint density at radius 1 is 1.03 bits per heavy atom. The number of anilines is 1. The van der Waals surface area contributed by atoms with Gasteiger partial charge >= 0.3 is 0 Å². The van der Waals surface area contributed by atoms with Gasteiger partial charge in [-0.1, -0.05) is 47.5 Å². The zero-order chi connectivity index (χ0) is 27.2. The minimum absolute atomic E-state index is 0.207. The van der Waals surface area contributed by atoms with Crippen molar-refractivity contribution in [2.75, 3.05) is 18.5 Å². The number of aryl methyl sites for hydroxylation is 1. The van der Waals surface area contributed by atoms with Crippen LogP contribution in [0.4, 0.5) is 10.5 Å². The van der Waals surface area contributed by atoms with Gasteiger partial charge in [0.05, 0.1) is 11.5 Å². The van der Waals surface area contributed by atoms with E-state index < -0.39 is 17.1 Å². The summed E-state index contributed by atoms with van der Waals surface area (Å²) in [6.45, 7) is 3.98. The molecule has 38 heavy (non-hydrogen) atoms. The summed E-state index contributed by atoms with van der Waals surface area (Å²) in [6, 6.07) is 17.6. The Morgan fingerprint density at radius 2 is 1.84 bits per heavy atom. The van der Waals surface area contributed by atoms with Crippen molar-refractivity contribution in [3.63, 3.8) is 0 Å². The minimum Gasteiger partial charge on any atom is -0.490 e. The Bertz CT molecular complexity index is 1430. The molecule has 10 heteroatoms. The van der Waals surface area contributed by atoms with Crippen LogP contribution in [0.3, 0.4) is 0 Å². The molecular weight excluding hydrogens is 547 g/mol. The second-order valence-corrected chi connectivity index (χ2v) is 10.2. The van der Waals surface area contributed by atoms with Crippen LogP contribution in [0.2, 0.25) is 10.0 Å². The number of hydrogen-bond acceptors (Lipinski definition) is 6. The van der Waals surface area contributed by atoms with E-state index >= 15 is 0 Å². The fourth-order valence-electron chi connectivity index (χ4n) is 3.65. The number of halogens is 2. The molecule has 0 aromatic heterocycles. The molecule has 7 nitrogen and oxygen atoms in total. The summed E-state index contributed by atoms with van der Waals surface area (Å²) >= 11 is 13.0. The van der Waals surface area contributed by atoms with Gasteiger partial charge in [-0.25, -0.2) is 0 Å². The summed E-state index contributed by atoms with van der Waals surface area (Å²) < 4.78 is 11.7. The molecule has 3 aromatic carbocycles. The van der Waals surface area contributed by atoms with Crippen LogP contribution in [0.15, 0.2) is 65.6 Å². The van der Waals surface area contributed by atoms with Crippen molar-refractivity contribution in [3.8, 4) is 11.5 Å². The minimum atomic E-state index is -0.532. The molecule has 0 unspecified atom stereocenters. The molecule has 0 spiro atoms. The van der Waals surface area contributed by atoms with Gasteiger partial charge in [-0.3, -0.25) is 19.3 Å². The third kappa shape index (κ3) is 6.89. The quantitative estimate of drug-likeness (QED) is 0.280. The number of benzene rings is 3. The van der Waals surface area contributed by atoms with Gasteiger partial charge in [0.1, 0.15) is 13.2 Å². The van der Waals surface area contributed by atoms with E-state index in [1.807, 2.05) is 26.0 Å². The third-order valence-electron chi connectivity index (χ3n) is 5.44. The van der Waals surface area contributed by atoms with E-state index in [0.717, 1.165) is 27.8 Å². The topological polar surface area (TPSA) is 84.9 Å². The molecule has 1 aliphatic heterocycles. The fraction of sp³-hybridized carbons (Fsp3) is 0.179. The second-order valence-electron chi connectivity index (χ2n) is 8.35. The van der Waals surface area contributed by atoms with Gasteiger partial charge in [-0.15, -0.1) is 0 Å². The predicted octanol–water partition coefficient (Wildman–Crippen LogP) is 6.95. The molecule has 1 saturated heterocycles. The number of carbonyl (C=O) groups excluding carboxylic acids is 3. The second kappa shape index (κ2) is 12.4. The smallest absolute Gasteiger partial charge is 0.294 e. The number of carbonyl (C=O) groups is 3. The lowest BCUT2D eigenvalue weighted by atomic mass is 10.1. The number of thioether (sulfide) groups is 1. The summed E-state index contributed by atoms with van der Waals surface area (Å²) in [5.74, 6) is -0.0193. The largest absolute Gasteiger partial charge is 0.490 e. The molecule has 1 aliphatic rings. The number of imide groups is 1. The van der Waals surface area contributed by atoms with Crippen molar-refractivity contribution < 1.29 is 23.9 Å². The van der Waals surface area contributed by atoms with Gasteiger partial charge in [0.2, 0.25) is 5.91 Å². The first-order valence-electron chi connectivity index (χ1n) is 11.7. The summed E-state index contributed by atoms with van der Waals surface area (Å²) in [5.41, 5.74) is 2.98. The first-order valence-corrected chi connectivity index (χ1v) is 13.3. The molecule has 0 aliphatic carbocycles. The molecule has 1 N–H and O–H groups in total. The SMILES string of the molecule is CCOc1cc(/C=C2/SC(=O)N(CC(=O)Nc3cccc(C)c3)C2=O)ccc1OCc1ccc(Cl)cc1Cl. The lowest BCUT2D eigenvalue weighted by molar-refractivity contribution is -0.127. The van der Waals surface area contributed by atoms with E-state index in [-0.39, 0.29) is 18.1 Å². The lowest BCUT2D eigenvalue weighted by Crippen LogP contribution is -2.36. The van der Waals surface area contributed by atoms with E-state index in [1.54, 1.807) is 54.6 Å². The monoisotopic (exact) mass is 570 g/mol. The third-order valence-corrected chi connectivity index (χ3v) is 6.94. The van der Waals surface area contributed by atoms with Crippen molar-refractivity contribution in [1.29, 1.82) is 0 Å². The van der Waals surface area contributed by atoms with E-state index in [1.165, 1.54) is 0 Å². The highest BCUT2D eigenvalue weighted by Gasteiger charge is 2.36. The summed E-state index contributed by atoms with van der Waals surface area (Å²) in [5, 5.41) is 3.24. The number of amides is 3. The zero-order valence-electron chi connectivity index (χ0n) is 20.6. The Kier molecular flexibility index (Phi) is 8.99. The van der Waals surface area contributed by atoms with Crippen LogP contribution in [-0.4, -0.2) is 35.1 Å². The van der Waals surface area contributed by atoms with Gasteiger partial charge in [-0.2, -0.15) is 0 Å². The van der Waals surface area contributed by atoms with Crippen LogP contribution in [-0.2, 0) is 16.2 Å². The molecule has 1 heterocycles. The molecule has 196 valence electrons. The molecule has 0 atom stereocenters. The van der Waals surface area contributed by atoms with E-state index in [0.29, 0.717) is 39.4 Å². The van der Waals surface area contributed by atoms with Crippen LogP contribution in [0.1, 0.15) is 23.6 Å². The van der Waals surface area contributed by atoms with Crippen molar-refractivity contribution >= 4 is 63.8 Å². The maximum Gasteiger partial charge on any atom is 0.294 e. The number of nitrogens with one attached hydrogen (secondary N) is 1. The zero-order valence-corrected chi connectivity index (χ0v) is 23.0. The van der Waals surface area contributed by atoms with E-state index in [9.17, 15) is 14.4 Å². The highest BCUT2D eigenvalue weighted by atomic mass is 35.5. The molecule has 1 fully saturated rings. The molecule has 0 bridgehead atoms. The summed E-state index contributed by atoms with van der Waals surface area (Å²) in [4.78, 5) is 39.0. The van der Waals surface area contributed by atoms with Crippen molar-refractivity contribution in [3.05, 3.63) is 92.3 Å². The molecule has 0 radical (unpaired) electrons.